The largest absolute Gasteiger partial charge is 0.366 e. The summed E-state index contributed by atoms with van der Waals surface area (Å²) in [6, 6.07) is 20.4. The predicted octanol–water partition coefficient (Wildman–Crippen LogP) is 4.32. The third-order valence-corrected chi connectivity index (χ3v) is 6.11. The normalized spacial score (nSPS) is 12.0. The minimum Gasteiger partial charge on any atom is -0.366 e. The Kier molecular flexibility index (Phi) is 7.18. The van der Waals surface area contributed by atoms with Crippen LogP contribution >= 0.6 is 0 Å². The molecule has 5 N–H and O–H groups in total. The molecule has 1 heterocycles. The van der Waals surface area contributed by atoms with E-state index in [-0.39, 0.29) is 6.04 Å². The molecule has 0 unspecified atom stereocenters. The highest BCUT2D eigenvalue weighted by Gasteiger charge is 2.09. The number of aryl methyl sites for hydroxylation is 3. The maximum Gasteiger partial charge on any atom is 0.248 e. The molecule has 0 spiro atoms. The van der Waals surface area contributed by atoms with Crippen LogP contribution in [-0.4, -0.2) is 21.9 Å². The standard InChI is InChI=1S/C28H31N5O/c1-18-6-9-24(27(30)34)15-23(18)10-7-20-8-11-26-25(14-20)17-31-28(33-26)32-19(2)12-21-4-3-5-22(13-21)16-29/h3-6,8-9,11,13-15,17,19H,7,10,12,16,29H2,1-2H3,(H2,30,34)(H,31,32,33)/t19-/m0/s1. The second kappa shape index (κ2) is 10.4. The van der Waals surface area contributed by atoms with E-state index in [0.717, 1.165) is 46.9 Å². The summed E-state index contributed by atoms with van der Waals surface area (Å²) in [5, 5.41) is 4.42. The lowest BCUT2D eigenvalue weighted by atomic mass is 9.98. The minimum absolute atomic E-state index is 0.184. The number of aromatic nitrogens is 2. The number of nitrogens with zero attached hydrogens (tertiary/aromatic N) is 2. The molecule has 34 heavy (non-hydrogen) atoms. The van der Waals surface area contributed by atoms with Crippen LogP contribution in [0.4, 0.5) is 5.95 Å². The molecule has 0 radical (unpaired) electrons. The van der Waals surface area contributed by atoms with Gasteiger partial charge >= 0.3 is 0 Å². The van der Waals surface area contributed by atoms with E-state index < -0.39 is 5.91 Å². The van der Waals surface area contributed by atoms with Crippen molar-refractivity contribution in [3.8, 4) is 0 Å². The highest BCUT2D eigenvalue weighted by Crippen LogP contribution is 2.19. The lowest BCUT2D eigenvalue weighted by molar-refractivity contribution is 0.1000. The van der Waals surface area contributed by atoms with Gasteiger partial charge in [0.15, 0.2) is 0 Å². The fourth-order valence-electron chi connectivity index (χ4n) is 4.19. The summed E-state index contributed by atoms with van der Waals surface area (Å²) in [5.74, 6) is 0.230. The first kappa shape index (κ1) is 23.4. The third kappa shape index (κ3) is 5.77. The van der Waals surface area contributed by atoms with Crippen molar-refractivity contribution in [1.29, 1.82) is 0 Å². The molecule has 1 aromatic heterocycles. The zero-order valence-corrected chi connectivity index (χ0v) is 19.7. The lowest BCUT2D eigenvalue weighted by Gasteiger charge is -2.15. The fourth-order valence-corrected chi connectivity index (χ4v) is 4.19. The maximum absolute atomic E-state index is 11.5. The number of hydrogen-bond acceptors (Lipinski definition) is 5. The third-order valence-electron chi connectivity index (χ3n) is 6.11. The first-order valence-electron chi connectivity index (χ1n) is 11.6. The van der Waals surface area contributed by atoms with Gasteiger partial charge in [-0.05, 0) is 85.2 Å². The summed E-state index contributed by atoms with van der Waals surface area (Å²) in [5.41, 5.74) is 18.5. The average molecular weight is 454 g/mol. The number of rotatable bonds is 9. The van der Waals surface area contributed by atoms with Gasteiger partial charge in [-0.2, -0.15) is 0 Å². The molecule has 0 bridgehead atoms. The van der Waals surface area contributed by atoms with Crippen LogP contribution < -0.4 is 16.8 Å². The number of carbonyl (C=O) groups excluding carboxylic acids is 1. The zero-order valence-electron chi connectivity index (χ0n) is 19.7. The monoisotopic (exact) mass is 453 g/mol. The van der Waals surface area contributed by atoms with Crippen LogP contribution in [0, 0.1) is 6.92 Å². The van der Waals surface area contributed by atoms with Crippen LogP contribution in [0.15, 0.2) is 66.9 Å². The Labute approximate surface area is 200 Å². The highest BCUT2D eigenvalue weighted by molar-refractivity contribution is 5.93. The van der Waals surface area contributed by atoms with Gasteiger partial charge in [0, 0.05) is 29.7 Å². The van der Waals surface area contributed by atoms with E-state index in [2.05, 4.69) is 48.4 Å². The Morgan fingerprint density at radius 3 is 2.62 bits per heavy atom. The SMILES string of the molecule is Cc1ccc(C(N)=O)cc1CCc1ccc2nc(N[C@@H](C)Cc3cccc(CN)c3)ncc2c1. The number of anilines is 1. The van der Waals surface area contributed by atoms with E-state index in [1.165, 1.54) is 11.1 Å². The van der Waals surface area contributed by atoms with Crippen molar-refractivity contribution in [3.63, 3.8) is 0 Å². The number of primary amides is 1. The minimum atomic E-state index is -0.396. The quantitative estimate of drug-likeness (QED) is 0.350. The molecule has 3 aromatic carbocycles. The average Bonchev–Trinajstić information content (AvgIpc) is 2.83. The van der Waals surface area contributed by atoms with Crippen molar-refractivity contribution in [1.82, 2.24) is 9.97 Å². The van der Waals surface area contributed by atoms with Gasteiger partial charge in [0.25, 0.3) is 0 Å². The molecule has 4 aromatic rings. The van der Waals surface area contributed by atoms with Gasteiger partial charge in [0.2, 0.25) is 11.9 Å². The number of nitrogens with two attached hydrogens (primary N) is 2. The molecule has 1 amide bonds. The number of benzene rings is 3. The molecule has 0 saturated heterocycles. The molecule has 4 rings (SSSR count). The molecule has 0 aliphatic heterocycles. The molecule has 6 nitrogen and oxygen atoms in total. The lowest BCUT2D eigenvalue weighted by Crippen LogP contribution is -2.19. The molecule has 0 aliphatic rings. The molecular formula is C28H31N5O. The van der Waals surface area contributed by atoms with Crippen LogP contribution in [0.3, 0.4) is 0 Å². The fraction of sp³-hybridized carbons (Fsp3) is 0.250. The number of amides is 1. The van der Waals surface area contributed by atoms with Crippen LogP contribution in [0.1, 0.15) is 45.1 Å². The Balaban J connectivity index is 1.41. The Hall–Kier alpha value is -3.77. The van der Waals surface area contributed by atoms with E-state index in [0.29, 0.717) is 18.1 Å². The smallest absolute Gasteiger partial charge is 0.248 e. The molecule has 6 heteroatoms. The van der Waals surface area contributed by atoms with E-state index >= 15 is 0 Å². The molecule has 0 aliphatic carbocycles. The van der Waals surface area contributed by atoms with E-state index in [1.54, 1.807) is 6.07 Å². The van der Waals surface area contributed by atoms with Crippen molar-refractivity contribution >= 4 is 22.8 Å². The van der Waals surface area contributed by atoms with Crippen molar-refractivity contribution < 1.29 is 4.79 Å². The highest BCUT2D eigenvalue weighted by atomic mass is 16.1. The van der Waals surface area contributed by atoms with Crippen LogP contribution in [0.2, 0.25) is 0 Å². The van der Waals surface area contributed by atoms with Crippen molar-refractivity contribution in [2.24, 2.45) is 11.5 Å². The van der Waals surface area contributed by atoms with E-state index in [4.69, 9.17) is 16.5 Å². The summed E-state index contributed by atoms with van der Waals surface area (Å²) in [6.07, 6.45) is 4.43. The molecule has 0 fully saturated rings. The molecular weight excluding hydrogens is 422 g/mol. The van der Waals surface area contributed by atoms with Crippen molar-refractivity contribution in [3.05, 3.63) is 100 Å². The van der Waals surface area contributed by atoms with Gasteiger partial charge in [-0.25, -0.2) is 9.97 Å². The number of hydrogen-bond donors (Lipinski definition) is 3. The van der Waals surface area contributed by atoms with Crippen LogP contribution in [0.25, 0.3) is 10.9 Å². The predicted molar refractivity (Wildman–Crippen MR) is 138 cm³/mol. The van der Waals surface area contributed by atoms with Crippen molar-refractivity contribution in [2.45, 2.75) is 45.7 Å². The van der Waals surface area contributed by atoms with E-state index in [1.807, 2.05) is 36.5 Å². The summed E-state index contributed by atoms with van der Waals surface area (Å²) < 4.78 is 0. The number of carbonyl (C=O) groups is 1. The molecule has 1 atom stereocenters. The van der Waals surface area contributed by atoms with Gasteiger partial charge in [-0.1, -0.05) is 36.4 Å². The summed E-state index contributed by atoms with van der Waals surface area (Å²) in [7, 11) is 0. The van der Waals surface area contributed by atoms with Crippen molar-refractivity contribution in [2.75, 3.05) is 5.32 Å². The van der Waals surface area contributed by atoms with Crippen LogP contribution in [0.5, 0.6) is 0 Å². The summed E-state index contributed by atoms with van der Waals surface area (Å²) in [6.45, 7) is 4.73. The topological polar surface area (TPSA) is 107 Å². The van der Waals surface area contributed by atoms with Gasteiger partial charge in [-0.3, -0.25) is 4.79 Å². The Morgan fingerprint density at radius 1 is 1.00 bits per heavy atom. The van der Waals surface area contributed by atoms with Gasteiger partial charge < -0.3 is 16.8 Å². The van der Waals surface area contributed by atoms with Gasteiger partial charge in [0.05, 0.1) is 5.52 Å². The van der Waals surface area contributed by atoms with Gasteiger partial charge in [0.1, 0.15) is 0 Å². The van der Waals surface area contributed by atoms with E-state index in [9.17, 15) is 4.79 Å². The Morgan fingerprint density at radius 2 is 1.82 bits per heavy atom. The molecule has 174 valence electrons. The first-order valence-corrected chi connectivity index (χ1v) is 11.6. The van der Waals surface area contributed by atoms with Crippen LogP contribution in [-0.2, 0) is 25.8 Å². The number of nitrogens with one attached hydrogen (secondary N) is 1. The molecule has 0 saturated carbocycles. The zero-order chi connectivity index (χ0) is 24.1. The van der Waals surface area contributed by atoms with Gasteiger partial charge in [-0.15, -0.1) is 0 Å². The Bertz CT molecular complexity index is 1320. The second-order valence-electron chi connectivity index (χ2n) is 8.87. The summed E-state index contributed by atoms with van der Waals surface area (Å²) in [4.78, 5) is 20.7. The second-order valence-corrected chi connectivity index (χ2v) is 8.87. The maximum atomic E-state index is 11.5. The first-order chi connectivity index (χ1) is 16.4. The number of fused-ring (bicyclic) bond motifs is 1. The summed E-state index contributed by atoms with van der Waals surface area (Å²) >= 11 is 0.